The molecule has 0 saturated carbocycles. The average Bonchev–Trinajstić information content (AvgIpc) is 2.59. The third kappa shape index (κ3) is 1.34. The van der Waals surface area contributed by atoms with E-state index in [1.165, 1.54) is 11.3 Å². The molecule has 0 aliphatic carbocycles. The maximum atomic E-state index is 9.35. The van der Waals surface area contributed by atoms with Gasteiger partial charge in [0.2, 0.25) is 0 Å². The highest BCUT2D eigenvalue weighted by molar-refractivity contribution is 5.58. The summed E-state index contributed by atoms with van der Waals surface area (Å²) in [5.74, 6) is 0. The Hall–Kier alpha value is -1.53. The third-order valence-corrected chi connectivity index (χ3v) is 2.67. The SMILES string of the molecule is CN1CCc2cc(C(O)C#N)ccc21. The molecule has 1 aromatic rings. The van der Waals surface area contributed by atoms with E-state index in [1.807, 2.05) is 31.3 Å². The zero-order valence-electron chi connectivity index (χ0n) is 8.07. The molecule has 1 atom stereocenters. The van der Waals surface area contributed by atoms with Gasteiger partial charge in [-0.1, -0.05) is 12.1 Å². The second-order valence-electron chi connectivity index (χ2n) is 3.59. The average molecular weight is 188 g/mol. The van der Waals surface area contributed by atoms with E-state index >= 15 is 0 Å². The van der Waals surface area contributed by atoms with E-state index in [0.29, 0.717) is 5.56 Å². The van der Waals surface area contributed by atoms with Gasteiger partial charge < -0.3 is 10.0 Å². The number of nitrogens with zero attached hydrogens (tertiary/aromatic N) is 2. The Morgan fingerprint density at radius 2 is 2.36 bits per heavy atom. The van der Waals surface area contributed by atoms with Gasteiger partial charge in [-0.15, -0.1) is 0 Å². The monoisotopic (exact) mass is 188 g/mol. The molecule has 0 fully saturated rings. The first-order chi connectivity index (χ1) is 6.72. The van der Waals surface area contributed by atoms with Crippen LogP contribution in [0, 0.1) is 11.3 Å². The number of nitriles is 1. The van der Waals surface area contributed by atoms with Crippen molar-refractivity contribution in [3.63, 3.8) is 0 Å². The molecule has 0 saturated heterocycles. The summed E-state index contributed by atoms with van der Waals surface area (Å²) in [4.78, 5) is 2.18. The molecule has 72 valence electrons. The van der Waals surface area contributed by atoms with E-state index in [4.69, 9.17) is 5.26 Å². The van der Waals surface area contributed by atoms with Crippen molar-refractivity contribution in [1.82, 2.24) is 0 Å². The normalized spacial score (nSPS) is 16.2. The maximum absolute atomic E-state index is 9.35. The van der Waals surface area contributed by atoms with Crippen molar-refractivity contribution in [2.75, 3.05) is 18.5 Å². The minimum absolute atomic E-state index is 0.696. The zero-order chi connectivity index (χ0) is 10.1. The molecule has 1 unspecified atom stereocenters. The standard InChI is InChI=1S/C11H12N2O/c1-13-5-4-8-6-9(11(14)7-12)2-3-10(8)13/h2-3,6,11,14H,4-5H2,1H3. The smallest absolute Gasteiger partial charge is 0.165 e. The second kappa shape index (κ2) is 3.32. The van der Waals surface area contributed by atoms with Crippen LogP contribution in [0.5, 0.6) is 0 Å². The van der Waals surface area contributed by atoms with E-state index in [1.54, 1.807) is 0 Å². The summed E-state index contributed by atoms with van der Waals surface area (Å²) in [6, 6.07) is 7.53. The topological polar surface area (TPSA) is 47.3 Å². The van der Waals surface area contributed by atoms with Crippen LogP contribution >= 0.6 is 0 Å². The molecule has 2 rings (SSSR count). The number of fused-ring (bicyclic) bond motifs is 1. The van der Waals surface area contributed by atoms with Crippen molar-refractivity contribution in [3.05, 3.63) is 29.3 Å². The predicted molar refractivity (Wildman–Crippen MR) is 54.0 cm³/mol. The van der Waals surface area contributed by atoms with E-state index in [-0.39, 0.29) is 0 Å². The zero-order valence-corrected chi connectivity index (χ0v) is 8.07. The first-order valence-corrected chi connectivity index (χ1v) is 4.64. The fourth-order valence-electron chi connectivity index (χ4n) is 1.83. The van der Waals surface area contributed by atoms with Gasteiger partial charge in [0.1, 0.15) is 0 Å². The Morgan fingerprint density at radius 3 is 3.07 bits per heavy atom. The highest BCUT2D eigenvalue weighted by Crippen LogP contribution is 2.29. The van der Waals surface area contributed by atoms with Gasteiger partial charge in [0, 0.05) is 19.3 Å². The largest absolute Gasteiger partial charge is 0.374 e. The van der Waals surface area contributed by atoms with Crippen molar-refractivity contribution in [1.29, 1.82) is 5.26 Å². The van der Waals surface area contributed by atoms with Gasteiger partial charge in [-0.3, -0.25) is 0 Å². The molecule has 1 aliphatic heterocycles. The highest BCUT2D eigenvalue weighted by atomic mass is 16.3. The summed E-state index contributed by atoms with van der Waals surface area (Å²) in [6.45, 7) is 1.02. The lowest BCUT2D eigenvalue weighted by Crippen LogP contribution is -2.12. The molecule has 0 aromatic heterocycles. The van der Waals surface area contributed by atoms with E-state index in [0.717, 1.165) is 13.0 Å². The summed E-state index contributed by atoms with van der Waals surface area (Å²) in [5.41, 5.74) is 3.12. The van der Waals surface area contributed by atoms with Crippen LogP contribution in [0.4, 0.5) is 5.69 Å². The van der Waals surface area contributed by atoms with Gasteiger partial charge >= 0.3 is 0 Å². The molecule has 1 aromatic carbocycles. The molecule has 3 nitrogen and oxygen atoms in total. The van der Waals surface area contributed by atoms with Gasteiger partial charge in [0.15, 0.2) is 6.10 Å². The summed E-state index contributed by atoms with van der Waals surface area (Å²) in [6.07, 6.45) is 0.00359. The predicted octanol–water partition coefficient (Wildman–Crippen LogP) is 1.24. The van der Waals surface area contributed by atoms with Crippen LogP contribution in [0.25, 0.3) is 0 Å². The number of benzene rings is 1. The van der Waals surface area contributed by atoms with E-state index < -0.39 is 6.10 Å². The van der Waals surface area contributed by atoms with Crippen molar-refractivity contribution in [2.45, 2.75) is 12.5 Å². The van der Waals surface area contributed by atoms with Crippen molar-refractivity contribution in [2.24, 2.45) is 0 Å². The molecule has 1 N–H and O–H groups in total. The quantitative estimate of drug-likeness (QED) is 0.674. The summed E-state index contributed by atoms with van der Waals surface area (Å²) in [5, 5.41) is 17.9. The van der Waals surface area contributed by atoms with Crippen LogP contribution in [0.2, 0.25) is 0 Å². The van der Waals surface area contributed by atoms with Gasteiger partial charge in [0.05, 0.1) is 6.07 Å². The van der Waals surface area contributed by atoms with Gasteiger partial charge in [-0.05, 0) is 23.6 Å². The second-order valence-corrected chi connectivity index (χ2v) is 3.59. The fourth-order valence-corrected chi connectivity index (χ4v) is 1.83. The van der Waals surface area contributed by atoms with Crippen LogP contribution in [-0.2, 0) is 6.42 Å². The Kier molecular flexibility index (Phi) is 2.14. The Morgan fingerprint density at radius 1 is 1.57 bits per heavy atom. The molecule has 1 aliphatic rings. The molecule has 0 amide bonds. The van der Waals surface area contributed by atoms with Gasteiger partial charge in [-0.2, -0.15) is 5.26 Å². The number of likely N-dealkylation sites (N-methyl/N-ethyl adjacent to an activating group) is 1. The number of aliphatic hydroxyl groups is 1. The fraction of sp³-hybridized carbons (Fsp3) is 0.364. The first-order valence-electron chi connectivity index (χ1n) is 4.64. The summed E-state index contributed by atoms with van der Waals surface area (Å²) in [7, 11) is 2.05. The van der Waals surface area contributed by atoms with Crippen LogP contribution in [-0.4, -0.2) is 18.7 Å². The third-order valence-electron chi connectivity index (χ3n) is 2.67. The number of anilines is 1. The van der Waals surface area contributed by atoms with Crippen molar-refractivity contribution >= 4 is 5.69 Å². The van der Waals surface area contributed by atoms with Crippen LogP contribution in [0.3, 0.4) is 0 Å². The lowest BCUT2D eigenvalue weighted by atomic mass is 10.1. The highest BCUT2D eigenvalue weighted by Gasteiger charge is 2.17. The van der Waals surface area contributed by atoms with Crippen molar-refractivity contribution in [3.8, 4) is 6.07 Å². The van der Waals surface area contributed by atoms with Crippen LogP contribution in [0.15, 0.2) is 18.2 Å². The minimum Gasteiger partial charge on any atom is -0.374 e. The number of hydrogen-bond donors (Lipinski definition) is 1. The van der Waals surface area contributed by atoms with Crippen LogP contribution < -0.4 is 4.90 Å². The molecule has 0 bridgehead atoms. The lowest BCUT2D eigenvalue weighted by molar-refractivity contribution is 0.236. The Labute approximate surface area is 83.2 Å². The molecular formula is C11H12N2O. The van der Waals surface area contributed by atoms with Crippen molar-refractivity contribution < 1.29 is 5.11 Å². The summed E-state index contributed by atoms with van der Waals surface area (Å²) >= 11 is 0. The molecule has 0 spiro atoms. The number of hydrogen-bond acceptors (Lipinski definition) is 3. The first kappa shape index (κ1) is 9.04. The molecule has 1 heterocycles. The van der Waals surface area contributed by atoms with E-state index in [9.17, 15) is 5.11 Å². The minimum atomic E-state index is -0.994. The Bertz CT molecular complexity index is 395. The number of rotatable bonds is 1. The molecule has 3 heteroatoms. The molecule has 0 radical (unpaired) electrons. The molecule has 14 heavy (non-hydrogen) atoms. The van der Waals surface area contributed by atoms with Crippen LogP contribution in [0.1, 0.15) is 17.2 Å². The van der Waals surface area contributed by atoms with E-state index in [2.05, 4.69) is 4.90 Å². The van der Waals surface area contributed by atoms with Gasteiger partial charge in [-0.25, -0.2) is 0 Å². The number of aliphatic hydroxyl groups excluding tert-OH is 1. The Balaban J connectivity index is 2.38. The molecular weight excluding hydrogens is 176 g/mol. The van der Waals surface area contributed by atoms with Gasteiger partial charge in [0.25, 0.3) is 0 Å². The lowest BCUT2D eigenvalue weighted by Gasteiger charge is -2.12. The summed E-state index contributed by atoms with van der Waals surface area (Å²) < 4.78 is 0. The maximum Gasteiger partial charge on any atom is 0.165 e.